The summed E-state index contributed by atoms with van der Waals surface area (Å²) in [4.78, 5) is 2.61. The zero-order valence-corrected chi connectivity index (χ0v) is 16.5. The second-order valence-electron chi connectivity index (χ2n) is 7.90. The van der Waals surface area contributed by atoms with E-state index in [4.69, 9.17) is 0 Å². The summed E-state index contributed by atoms with van der Waals surface area (Å²) in [7, 11) is 0. The molecule has 0 fully saturated rings. The van der Waals surface area contributed by atoms with Crippen molar-refractivity contribution in [2.75, 3.05) is 6.54 Å². The van der Waals surface area contributed by atoms with Crippen LogP contribution in [-0.2, 0) is 25.9 Å². The van der Waals surface area contributed by atoms with Crippen molar-refractivity contribution in [3.05, 3.63) is 70.4 Å². The van der Waals surface area contributed by atoms with Crippen LogP contribution in [0.25, 0.3) is 10.9 Å². The molecule has 26 heavy (non-hydrogen) atoms. The lowest BCUT2D eigenvalue weighted by molar-refractivity contribution is 0.192. The number of nitrogens with zero attached hydrogens (tertiary/aromatic N) is 2. The topological polar surface area (TPSA) is 8.17 Å². The molecular weight excluding hydrogens is 316 g/mol. The normalized spacial score (nSPS) is 17.6. The maximum absolute atomic E-state index is 2.63. The lowest BCUT2D eigenvalue weighted by atomic mass is 9.99. The Hall–Kier alpha value is -2.06. The zero-order chi connectivity index (χ0) is 18.3. The van der Waals surface area contributed by atoms with Crippen molar-refractivity contribution in [2.45, 2.75) is 59.7 Å². The van der Waals surface area contributed by atoms with Crippen molar-refractivity contribution in [3.8, 4) is 0 Å². The summed E-state index contributed by atoms with van der Waals surface area (Å²) in [5, 5.41) is 1.47. The number of fused-ring (bicyclic) bond motifs is 3. The van der Waals surface area contributed by atoms with Gasteiger partial charge in [-0.3, -0.25) is 4.90 Å². The largest absolute Gasteiger partial charge is 0.344 e. The molecule has 0 radical (unpaired) electrons. The average molecular weight is 347 g/mol. The molecule has 1 atom stereocenters. The average Bonchev–Trinajstić information content (AvgIpc) is 2.93. The third-order valence-electron chi connectivity index (χ3n) is 6.09. The Morgan fingerprint density at radius 2 is 1.88 bits per heavy atom. The van der Waals surface area contributed by atoms with Crippen LogP contribution in [-0.4, -0.2) is 22.1 Å². The highest BCUT2D eigenvalue weighted by atomic mass is 15.2. The molecule has 0 saturated heterocycles. The lowest BCUT2D eigenvalue weighted by Crippen LogP contribution is -2.38. The van der Waals surface area contributed by atoms with Gasteiger partial charge in [-0.25, -0.2) is 0 Å². The first kappa shape index (κ1) is 17.4. The van der Waals surface area contributed by atoms with Crippen molar-refractivity contribution < 1.29 is 0 Å². The first-order valence-electron chi connectivity index (χ1n) is 9.97. The first-order valence-corrected chi connectivity index (χ1v) is 9.97. The molecule has 0 amide bonds. The van der Waals surface area contributed by atoms with E-state index in [-0.39, 0.29) is 0 Å². The minimum absolute atomic E-state index is 0.620. The number of hydrogen-bond donors (Lipinski definition) is 0. The van der Waals surface area contributed by atoms with Gasteiger partial charge in [-0.15, -0.1) is 0 Å². The summed E-state index contributed by atoms with van der Waals surface area (Å²) >= 11 is 0. The number of benzene rings is 2. The van der Waals surface area contributed by atoms with E-state index >= 15 is 0 Å². The van der Waals surface area contributed by atoms with Gasteiger partial charge in [0.15, 0.2) is 0 Å². The van der Waals surface area contributed by atoms with Crippen LogP contribution < -0.4 is 0 Å². The summed E-state index contributed by atoms with van der Waals surface area (Å²) < 4.78 is 2.63. The SMILES string of the molecule is CCN1Cc2c(n(CCc3cccc(C)c3)c3c(C)cccc23)CC1C. The molecule has 1 aliphatic rings. The smallest absolute Gasteiger partial charge is 0.0515 e. The predicted molar refractivity (Wildman–Crippen MR) is 111 cm³/mol. The molecule has 2 heterocycles. The zero-order valence-electron chi connectivity index (χ0n) is 16.5. The van der Waals surface area contributed by atoms with Gasteiger partial charge >= 0.3 is 0 Å². The molecule has 0 N–H and O–H groups in total. The van der Waals surface area contributed by atoms with Gasteiger partial charge in [0.1, 0.15) is 0 Å². The molecule has 3 aromatic rings. The quantitative estimate of drug-likeness (QED) is 0.625. The summed E-state index contributed by atoms with van der Waals surface area (Å²) in [5.41, 5.74) is 8.78. The van der Waals surface area contributed by atoms with Gasteiger partial charge in [-0.1, -0.05) is 55.0 Å². The summed E-state index contributed by atoms with van der Waals surface area (Å²) in [6.07, 6.45) is 2.25. The molecule has 0 spiro atoms. The second kappa shape index (κ2) is 6.92. The Morgan fingerprint density at radius 1 is 1.08 bits per heavy atom. The molecule has 4 rings (SSSR count). The summed E-state index contributed by atoms with van der Waals surface area (Å²) in [6, 6.07) is 16.4. The molecule has 1 aliphatic heterocycles. The van der Waals surface area contributed by atoms with E-state index in [2.05, 4.69) is 79.6 Å². The highest BCUT2D eigenvalue weighted by molar-refractivity contribution is 5.88. The maximum atomic E-state index is 2.63. The van der Waals surface area contributed by atoms with Crippen LogP contribution in [0.2, 0.25) is 0 Å². The molecule has 136 valence electrons. The Kier molecular flexibility index (Phi) is 4.62. The molecular formula is C24H30N2. The van der Waals surface area contributed by atoms with Crippen LogP contribution in [0.15, 0.2) is 42.5 Å². The monoisotopic (exact) mass is 346 g/mol. The molecule has 2 heteroatoms. The van der Waals surface area contributed by atoms with Gasteiger partial charge in [-0.2, -0.15) is 0 Å². The van der Waals surface area contributed by atoms with Crippen molar-refractivity contribution in [2.24, 2.45) is 0 Å². The second-order valence-corrected chi connectivity index (χ2v) is 7.90. The lowest BCUT2D eigenvalue weighted by Gasteiger charge is -2.33. The molecule has 0 aliphatic carbocycles. The first-order chi connectivity index (χ1) is 12.6. The van der Waals surface area contributed by atoms with Gasteiger partial charge < -0.3 is 4.57 Å². The standard InChI is InChI=1S/C24H30N2/c1-5-25-16-22-21-11-7-9-18(3)24(21)26(23(22)15-19(25)4)13-12-20-10-6-8-17(2)14-20/h6-11,14,19H,5,12-13,15-16H2,1-4H3. The van der Waals surface area contributed by atoms with Crippen LogP contribution in [0.4, 0.5) is 0 Å². The van der Waals surface area contributed by atoms with Crippen molar-refractivity contribution in [1.29, 1.82) is 0 Å². The van der Waals surface area contributed by atoms with E-state index < -0.39 is 0 Å². The third-order valence-corrected chi connectivity index (χ3v) is 6.09. The van der Waals surface area contributed by atoms with Crippen LogP contribution in [0.1, 0.15) is 41.8 Å². The van der Waals surface area contributed by atoms with Crippen molar-refractivity contribution in [1.82, 2.24) is 9.47 Å². The highest BCUT2D eigenvalue weighted by Crippen LogP contribution is 2.34. The van der Waals surface area contributed by atoms with Gasteiger partial charge in [0.2, 0.25) is 0 Å². The molecule has 0 bridgehead atoms. The molecule has 1 unspecified atom stereocenters. The van der Waals surface area contributed by atoms with Crippen molar-refractivity contribution >= 4 is 10.9 Å². The van der Waals surface area contributed by atoms with Crippen LogP contribution >= 0.6 is 0 Å². The third kappa shape index (κ3) is 2.97. The number of likely N-dealkylation sites (N-methyl/N-ethyl adjacent to an activating group) is 1. The van der Waals surface area contributed by atoms with Gasteiger partial charge in [0, 0.05) is 36.6 Å². The number of para-hydroxylation sites is 1. The molecule has 2 aromatic carbocycles. The minimum atomic E-state index is 0.620. The maximum Gasteiger partial charge on any atom is 0.0515 e. The van der Waals surface area contributed by atoms with Gasteiger partial charge in [0.25, 0.3) is 0 Å². The Bertz CT molecular complexity index is 935. The van der Waals surface area contributed by atoms with E-state index in [1.54, 1.807) is 11.3 Å². The van der Waals surface area contributed by atoms with E-state index in [9.17, 15) is 0 Å². The summed E-state index contributed by atoms with van der Waals surface area (Å²) in [6.45, 7) is 12.4. The van der Waals surface area contributed by atoms with E-state index in [0.29, 0.717) is 6.04 Å². The number of hydrogen-bond acceptors (Lipinski definition) is 1. The minimum Gasteiger partial charge on any atom is -0.344 e. The van der Waals surface area contributed by atoms with Crippen molar-refractivity contribution in [3.63, 3.8) is 0 Å². The fourth-order valence-electron chi connectivity index (χ4n) is 4.67. The Labute approximate surface area is 157 Å². The van der Waals surface area contributed by atoms with E-state index in [1.165, 1.54) is 27.6 Å². The van der Waals surface area contributed by atoms with Crippen LogP contribution in [0.3, 0.4) is 0 Å². The number of aromatic nitrogens is 1. The van der Waals surface area contributed by atoms with Crippen LogP contribution in [0, 0.1) is 13.8 Å². The number of rotatable bonds is 4. The fraction of sp³-hybridized carbons (Fsp3) is 0.417. The predicted octanol–water partition coefficient (Wildman–Crippen LogP) is 5.27. The van der Waals surface area contributed by atoms with Gasteiger partial charge in [0.05, 0.1) is 5.52 Å². The summed E-state index contributed by atoms with van der Waals surface area (Å²) in [5.74, 6) is 0. The number of aryl methyl sites for hydroxylation is 4. The fourth-order valence-corrected chi connectivity index (χ4v) is 4.67. The molecule has 2 nitrogen and oxygen atoms in total. The van der Waals surface area contributed by atoms with E-state index in [0.717, 1.165) is 32.5 Å². The molecule has 1 aromatic heterocycles. The molecule has 0 saturated carbocycles. The Morgan fingerprint density at radius 3 is 2.65 bits per heavy atom. The Balaban J connectivity index is 1.77. The highest BCUT2D eigenvalue weighted by Gasteiger charge is 2.27. The van der Waals surface area contributed by atoms with Gasteiger partial charge in [-0.05, 0) is 50.4 Å². The van der Waals surface area contributed by atoms with Crippen LogP contribution in [0.5, 0.6) is 0 Å². The van der Waals surface area contributed by atoms with E-state index in [1.807, 2.05) is 0 Å².